The van der Waals surface area contributed by atoms with E-state index in [1.807, 2.05) is 55.5 Å². The van der Waals surface area contributed by atoms with Gasteiger partial charge in [-0.3, -0.25) is 4.79 Å². The number of rotatable bonds is 5. The van der Waals surface area contributed by atoms with Crippen molar-refractivity contribution in [1.82, 2.24) is 15.1 Å². The fraction of sp³-hybridized carbons (Fsp3) is 0.286. The van der Waals surface area contributed by atoms with Crippen LogP contribution in [0.3, 0.4) is 0 Å². The molecule has 1 aliphatic heterocycles. The van der Waals surface area contributed by atoms with Crippen molar-refractivity contribution in [2.45, 2.75) is 12.1 Å². The van der Waals surface area contributed by atoms with Gasteiger partial charge in [-0.2, -0.15) is 0 Å². The summed E-state index contributed by atoms with van der Waals surface area (Å²) in [6, 6.07) is 17.2. The molecule has 8 nitrogen and oxygen atoms in total. The zero-order valence-electron chi connectivity index (χ0n) is 16.6. The Morgan fingerprint density at radius 3 is 2.43 bits per heavy atom. The number of carbonyl (C=O) groups is 1. The number of carbonyl (C=O) groups excluding carboxylic acids is 1. The molecule has 0 atom stereocenters. The Balaban J connectivity index is 1.40. The van der Waals surface area contributed by atoms with Gasteiger partial charge in [0.05, 0.1) is 0 Å². The van der Waals surface area contributed by atoms with Gasteiger partial charge in [0, 0.05) is 37.4 Å². The molecule has 0 bridgehead atoms. The smallest absolute Gasteiger partial charge is 0.336 e. The molecule has 1 aromatic heterocycles. The van der Waals surface area contributed by atoms with Crippen molar-refractivity contribution in [3.63, 3.8) is 0 Å². The first-order valence-corrected chi connectivity index (χ1v) is 11.3. The zero-order valence-corrected chi connectivity index (χ0v) is 17.4. The summed E-state index contributed by atoms with van der Waals surface area (Å²) in [6.07, 6.45) is 0. The van der Waals surface area contributed by atoms with Crippen LogP contribution in [0.4, 0.5) is 5.69 Å². The van der Waals surface area contributed by atoms with Gasteiger partial charge in [0.15, 0.2) is 0 Å². The van der Waals surface area contributed by atoms with E-state index in [2.05, 4.69) is 15.1 Å². The quantitative estimate of drug-likeness (QED) is 0.617. The molecule has 1 amide bonds. The van der Waals surface area contributed by atoms with E-state index < -0.39 is 26.7 Å². The summed E-state index contributed by atoms with van der Waals surface area (Å²) in [5.74, 6) is -1.03. The van der Waals surface area contributed by atoms with Crippen LogP contribution in [-0.2, 0) is 14.6 Å². The van der Waals surface area contributed by atoms with Crippen molar-refractivity contribution < 1.29 is 17.6 Å². The largest absolute Gasteiger partial charge is 0.408 e. The summed E-state index contributed by atoms with van der Waals surface area (Å²) in [6.45, 7) is 4.12. The molecule has 1 saturated heterocycles. The zero-order chi connectivity index (χ0) is 21.1. The summed E-state index contributed by atoms with van der Waals surface area (Å²) < 4.78 is 30.6. The van der Waals surface area contributed by atoms with Gasteiger partial charge in [-0.05, 0) is 31.2 Å². The Hall–Kier alpha value is -3.20. The van der Waals surface area contributed by atoms with Crippen molar-refractivity contribution >= 4 is 21.4 Å². The highest BCUT2D eigenvalue weighted by Gasteiger charge is 2.30. The Morgan fingerprint density at radius 2 is 1.73 bits per heavy atom. The number of hydrogen-bond acceptors (Lipinski definition) is 7. The fourth-order valence-electron chi connectivity index (χ4n) is 3.40. The molecule has 30 heavy (non-hydrogen) atoms. The van der Waals surface area contributed by atoms with Gasteiger partial charge in [0.1, 0.15) is 5.75 Å². The summed E-state index contributed by atoms with van der Waals surface area (Å²) in [5.41, 5.74) is 2.71. The van der Waals surface area contributed by atoms with Gasteiger partial charge in [0.25, 0.3) is 0 Å². The van der Waals surface area contributed by atoms with Crippen molar-refractivity contribution in [3.8, 4) is 11.5 Å². The number of amides is 1. The van der Waals surface area contributed by atoms with E-state index in [1.165, 1.54) is 0 Å². The molecule has 3 aromatic rings. The van der Waals surface area contributed by atoms with E-state index in [1.54, 1.807) is 11.0 Å². The van der Waals surface area contributed by atoms with E-state index >= 15 is 0 Å². The number of para-hydroxylation sites is 1. The third-order valence-corrected chi connectivity index (χ3v) is 6.33. The third kappa shape index (κ3) is 4.35. The highest BCUT2D eigenvalue weighted by Crippen LogP contribution is 2.22. The minimum Gasteiger partial charge on any atom is -0.408 e. The van der Waals surface area contributed by atoms with Crippen LogP contribution < -0.4 is 4.90 Å². The predicted octanol–water partition coefficient (Wildman–Crippen LogP) is 2.17. The molecule has 0 saturated carbocycles. The van der Waals surface area contributed by atoms with Gasteiger partial charge in [-0.1, -0.05) is 41.0 Å². The standard InChI is InChI=1S/C21H22N4O4S/c1-16-6-5-7-17(14-16)20-22-23-21(29-20)30(27,28)15-19(26)25-12-10-24(11-13-25)18-8-3-2-4-9-18/h2-9,14H,10-13,15H2,1H3. The molecule has 4 rings (SSSR count). The van der Waals surface area contributed by atoms with Gasteiger partial charge in [0.2, 0.25) is 21.6 Å². The van der Waals surface area contributed by atoms with E-state index in [0.717, 1.165) is 11.3 Å². The first-order chi connectivity index (χ1) is 14.4. The topological polar surface area (TPSA) is 96.6 Å². The van der Waals surface area contributed by atoms with E-state index in [4.69, 9.17) is 4.42 Å². The van der Waals surface area contributed by atoms with Gasteiger partial charge in [-0.25, -0.2) is 8.42 Å². The molecule has 2 aromatic carbocycles. The van der Waals surface area contributed by atoms with Gasteiger partial charge in [-0.15, -0.1) is 5.10 Å². The highest BCUT2D eigenvalue weighted by atomic mass is 32.2. The normalized spacial score (nSPS) is 14.7. The second kappa shape index (κ2) is 8.27. The number of anilines is 1. The lowest BCUT2D eigenvalue weighted by Gasteiger charge is -2.36. The Kier molecular flexibility index (Phi) is 5.54. The van der Waals surface area contributed by atoms with Crippen LogP contribution in [0, 0.1) is 6.92 Å². The first-order valence-electron chi connectivity index (χ1n) is 9.63. The van der Waals surface area contributed by atoms with Crippen LogP contribution in [0.15, 0.2) is 64.2 Å². The Labute approximate surface area is 175 Å². The van der Waals surface area contributed by atoms with Crippen LogP contribution in [0.1, 0.15) is 5.56 Å². The summed E-state index contributed by atoms with van der Waals surface area (Å²) >= 11 is 0. The minimum atomic E-state index is -4.02. The van der Waals surface area contributed by atoms with E-state index in [9.17, 15) is 13.2 Å². The summed E-state index contributed by atoms with van der Waals surface area (Å²) in [5, 5.41) is 6.96. The molecule has 1 fully saturated rings. The highest BCUT2D eigenvalue weighted by molar-refractivity contribution is 7.91. The Morgan fingerprint density at radius 1 is 1.00 bits per heavy atom. The van der Waals surface area contributed by atoms with Crippen molar-refractivity contribution in [2.75, 3.05) is 36.8 Å². The molecule has 0 aliphatic carbocycles. The number of aryl methyl sites for hydroxylation is 1. The van der Waals surface area contributed by atoms with Crippen molar-refractivity contribution in [3.05, 3.63) is 60.2 Å². The van der Waals surface area contributed by atoms with Crippen molar-refractivity contribution in [2.24, 2.45) is 0 Å². The molecule has 156 valence electrons. The summed E-state index contributed by atoms with van der Waals surface area (Å²) in [4.78, 5) is 16.3. The lowest BCUT2D eigenvalue weighted by Crippen LogP contribution is -2.50. The SMILES string of the molecule is Cc1cccc(-c2nnc(S(=O)(=O)CC(=O)N3CCN(c4ccccc4)CC3)o2)c1. The monoisotopic (exact) mass is 426 g/mol. The molecule has 0 unspecified atom stereocenters. The number of piperazine rings is 1. The number of nitrogens with zero attached hydrogens (tertiary/aromatic N) is 4. The fourth-order valence-corrected chi connectivity index (χ4v) is 4.40. The maximum Gasteiger partial charge on any atom is 0.336 e. The van der Waals surface area contributed by atoms with E-state index in [-0.39, 0.29) is 5.89 Å². The second-order valence-corrected chi connectivity index (χ2v) is 9.07. The van der Waals surface area contributed by atoms with Crippen molar-refractivity contribution in [1.29, 1.82) is 0 Å². The van der Waals surface area contributed by atoms with Gasteiger partial charge < -0.3 is 14.2 Å². The van der Waals surface area contributed by atoms with Crippen LogP contribution in [0.5, 0.6) is 0 Å². The number of sulfone groups is 1. The maximum atomic E-state index is 12.6. The molecule has 0 radical (unpaired) electrons. The lowest BCUT2D eigenvalue weighted by atomic mass is 10.1. The second-order valence-electron chi connectivity index (χ2n) is 7.21. The third-order valence-electron chi connectivity index (χ3n) is 5.00. The lowest BCUT2D eigenvalue weighted by molar-refractivity contribution is -0.128. The Bertz CT molecular complexity index is 1140. The number of hydrogen-bond donors (Lipinski definition) is 0. The van der Waals surface area contributed by atoms with Crippen LogP contribution in [-0.4, -0.2) is 61.4 Å². The molecule has 1 aliphatic rings. The average molecular weight is 426 g/mol. The van der Waals surface area contributed by atoms with Crippen LogP contribution in [0.25, 0.3) is 11.5 Å². The molecule has 9 heteroatoms. The van der Waals surface area contributed by atoms with Crippen LogP contribution in [0.2, 0.25) is 0 Å². The van der Waals surface area contributed by atoms with E-state index in [0.29, 0.717) is 31.7 Å². The van der Waals surface area contributed by atoms with Crippen LogP contribution >= 0.6 is 0 Å². The number of benzene rings is 2. The molecule has 2 heterocycles. The minimum absolute atomic E-state index is 0.112. The maximum absolute atomic E-state index is 12.6. The van der Waals surface area contributed by atoms with Gasteiger partial charge >= 0.3 is 5.22 Å². The molecule has 0 N–H and O–H groups in total. The molecular formula is C21H22N4O4S. The first kappa shape index (κ1) is 20.1. The molecular weight excluding hydrogens is 404 g/mol. The predicted molar refractivity (Wildman–Crippen MR) is 112 cm³/mol. The average Bonchev–Trinajstić information content (AvgIpc) is 3.26. The molecule has 0 spiro atoms. The number of aromatic nitrogens is 2. The summed E-state index contributed by atoms with van der Waals surface area (Å²) in [7, 11) is -4.02.